The van der Waals surface area contributed by atoms with Gasteiger partial charge in [-0.1, -0.05) is 30.3 Å². The molecule has 1 aromatic carbocycles. The summed E-state index contributed by atoms with van der Waals surface area (Å²) in [4.78, 5) is 14.6. The fourth-order valence-electron chi connectivity index (χ4n) is 3.02. The summed E-state index contributed by atoms with van der Waals surface area (Å²) in [6.45, 7) is 2.71. The van der Waals surface area contributed by atoms with E-state index in [1.807, 2.05) is 12.1 Å². The van der Waals surface area contributed by atoms with Crippen LogP contribution in [-0.4, -0.2) is 40.1 Å². The molecule has 23 heavy (non-hydrogen) atoms. The van der Waals surface area contributed by atoms with Crippen molar-refractivity contribution in [3.8, 4) is 0 Å². The second-order valence-corrected chi connectivity index (χ2v) is 6.50. The molecule has 1 N–H and O–H groups in total. The highest BCUT2D eigenvalue weighted by Gasteiger charge is 2.29. The lowest BCUT2D eigenvalue weighted by atomic mass is 10.1. The van der Waals surface area contributed by atoms with Gasteiger partial charge in [-0.25, -0.2) is 0 Å². The minimum atomic E-state index is -0.107. The summed E-state index contributed by atoms with van der Waals surface area (Å²) in [6.07, 6.45) is 4.17. The van der Waals surface area contributed by atoms with Gasteiger partial charge < -0.3 is 5.32 Å². The van der Waals surface area contributed by atoms with Crippen LogP contribution in [0.25, 0.3) is 0 Å². The van der Waals surface area contributed by atoms with Gasteiger partial charge in [-0.15, -0.1) is 5.10 Å². The van der Waals surface area contributed by atoms with Crippen molar-refractivity contribution in [1.82, 2.24) is 20.4 Å². The molecule has 5 nitrogen and oxygen atoms in total. The fourth-order valence-corrected chi connectivity index (χ4v) is 3.02. The molecule has 1 saturated carbocycles. The Kier molecular flexibility index (Phi) is 3.79. The zero-order valence-corrected chi connectivity index (χ0v) is 13.0. The highest BCUT2D eigenvalue weighted by molar-refractivity contribution is 5.92. The summed E-state index contributed by atoms with van der Waals surface area (Å²) < 4.78 is 0. The molecule has 0 radical (unpaired) electrons. The van der Waals surface area contributed by atoms with Crippen LogP contribution in [0.5, 0.6) is 0 Å². The maximum Gasteiger partial charge on any atom is 0.272 e. The number of likely N-dealkylation sites (tertiary alicyclic amines) is 1. The topological polar surface area (TPSA) is 58.1 Å². The number of hydrogen-bond acceptors (Lipinski definition) is 4. The molecule has 5 heteroatoms. The number of amides is 1. The molecule has 2 heterocycles. The molecule has 1 aliphatic carbocycles. The summed E-state index contributed by atoms with van der Waals surface area (Å²) in [5.41, 5.74) is 2.89. The van der Waals surface area contributed by atoms with Gasteiger partial charge in [0.1, 0.15) is 0 Å². The molecule has 0 unspecified atom stereocenters. The third-order valence-electron chi connectivity index (χ3n) is 4.50. The summed E-state index contributed by atoms with van der Waals surface area (Å²) in [5.74, 6) is 0.478. The van der Waals surface area contributed by atoms with Gasteiger partial charge in [-0.05, 0) is 36.0 Å². The SMILES string of the molecule is O=C(NC1CN(Cc2ccccc2)C1)c1cc(C2CC2)cnn1. The molecule has 2 fully saturated rings. The van der Waals surface area contributed by atoms with Crippen molar-refractivity contribution >= 4 is 5.91 Å². The Morgan fingerprint density at radius 3 is 2.74 bits per heavy atom. The quantitative estimate of drug-likeness (QED) is 0.917. The van der Waals surface area contributed by atoms with Crippen LogP contribution in [0.3, 0.4) is 0 Å². The van der Waals surface area contributed by atoms with Crippen LogP contribution in [0.1, 0.15) is 40.4 Å². The zero-order chi connectivity index (χ0) is 15.6. The number of hydrogen-bond donors (Lipinski definition) is 1. The van der Waals surface area contributed by atoms with Crippen LogP contribution < -0.4 is 5.32 Å². The van der Waals surface area contributed by atoms with E-state index in [0.717, 1.165) is 25.2 Å². The molecule has 2 aromatic rings. The molecule has 1 saturated heterocycles. The number of nitrogens with zero attached hydrogens (tertiary/aromatic N) is 3. The number of aromatic nitrogens is 2. The Hall–Kier alpha value is -2.27. The van der Waals surface area contributed by atoms with Crippen molar-refractivity contribution in [2.45, 2.75) is 31.3 Å². The Morgan fingerprint density at radius 2 is 2.00 bits per heavy atom. The van der Waals surface area contributed by atoms with Gasteiger partial charge >= 0.3 is 0 Å². The average molecular weight is 308 g/mol. The van der Waals surface area contributed by atoms with Crippen molar-refractivity contribution in [2.24, 2.45) is 0 Å². The van der Waals surface area contributed by atoms with Crippen molar-refractivity contribution in [3.63, 3.8) is 0 Å². The Labute approximate surface area is 135 Å². The molecule has 0 atom stereocenters. The van der Waals surface area contributed by atoms with Crippen molar-refractivity contribution in [1.29, 1.82) is 0 Å². The van der Waals surface area contributed by atoms with Crippen LogP contribution in [0.15, 0.2) is 42.6 Å². The summed E-state index contributed by atoms with van der Waals surface area (Å²) >= 11 is 0. The maximum atomic E-state index is 12.3. The second-order valence-electron chi connectivity index (χ2n) is 6.50. The molecular formula is C18H20N4O. The summed E-state index contributed by atoms with van der Waals surface area (Å²) in [7, 11) is 0. The predicted octanol–water partition coefficient (Wildman–Crippen LogP) is 1.97. The van der Waals surface area contributed by atoms with Crippen molar-refractivity contribution < 1.29 is 4.79 Å². The normalized spacial score (nSPS) is 18.4. The van der Waals surface area contributed by atoms with E-state index in [0.29, 0.717) is 11.6 Å². The second kappa shape index (κ2) is 6.08. The third-order valence-corrected chi connectivity index (χ3v) is 4.50. The first-order valence-corrected chi connectivity index (χ1v) is 8.18. The lowest BCUT2D eigenvalue weighted by molar-refractivity contribution is 0.0789. The monoisotopic (exact) mass is 308 g/mol. The highest BCUT2D eigenvalue weighted by atomic mass is 16.2. The third kappa shape index (κ3) is 3.40. The highest BCUT2D eigenvalue weighted by Crippen LogP contribution is 2.39. The molecule has 4 rings (SSSR count). The molecule has 2 aliphatic rings. The van der Waals surface area contributed by atoms with Crippen molar-refractivity contribution in [3.05, 3.63) is 59.4 Å². The van der Waals surface area contributed by atoms with Gasteiger partial charge in [0, 0.05) is 19.6 Å². The van der Waals surface area contributed by atoms with Gasteiger partial charge in [-0.3, -0.25) is 9.69 Å². The first-order valence-electron chi connectivity index (χ1n) is 8.18. The van der Waals surface area contributed by atoms with E-state index in [2.05, 4.69) is 44.7 Å². The number of carbonyl (C=O) groups is 1. The van der Waals surface area contributed by atoms with Crippen LogP contribution in [0.4, 0.5) is 0 Å². The largest absolute Gasteiger partial charge is 0.345 e. The van der Waals surface area contributed by atoms with Gasteiger partial charge in [0.05, 0.1) is 12.2 Å². The molecule has 118 valence electrons. The maximum absolute atomic E-state index is 12.3. The smallest absolute Gasteiger partial charge is 0.272 e. The predicted molar refractivity (Wildman–Crippen MR) is 87.0 cm³/mol. The number of rotatable bonds is 5. The van der Waals surface area contributed by atoms with Crippen LogP contribution in [-0.2, 0) is 6.54 Å². The van der Waals surface area contributed by atoms with E-state index < -0.39 is 0 Å². The number of nitrogens with one attached hydrogen (secondary N) is 1. The zero-order valence-electron chi connectivity index (χ0n) is 13.0. The molecule has 1 aromatic heterocycles. The standard InChI is InChI=1S/C18H20N4O/c23-18(17-8-15(9-19-21-17)14-6-7-14)20-16-11-22(12-16)10-13-4-2-1-3-5-13/h1-5,8-9,14,16H,6-7,10-12H2,(H,20,23). The van der Waals surface area contributed by atoms with E-state index in [1.165, 1.54) is 18.4 Å². The average Bonchev–Trinajstić information content (AvgIpc) is 3.39. The van der Waals surface area contributed by atoms with Crippen LogP contribution in [0.2, 0.25) is 0 Å². The summed E-state index contributed by atoms with van der Waals surface area (Å²) in [5, 5.41) is 11.0. The number of benzene rings is 1. The lowest BCUT2D eigenvalue weighted by Gasteiger charge is -2.39. The number of carbonyl (C=O) groups excluding carboxylic acids is 1. The fraction of sp³-hybridized carbons (Fsp3) is 0.389. The lowest BCUT2D eigenvalue weighted by Crippen LogP contribution is -2.58. The summed E-state index contributed by atoms with van der Waals surface area (Å²) in [6, 6.07) is 12.5. The molecule has 0 bridgehead atoms. The van der Waals surface area contributed by atoms with E-state index in [4.69, 9.17) is 0 Å². The first kappa shape index (κ1) is 14.3. The minimum Gasteiger partial charge on any atom is -0.345 e. The van der Waals surface area contributed by atoms with E-state index in [9.17, 15) is 4.79 Å². The van der Waals surface area contributed by atoms with Gasteiger partial charge in [0.25, 0.3) is 5.91 Å². The van der Waals surface area contributed by atoms with Gasteiger partial charge in [0.15, 0.2) is 5.69 Å². The van der Waals surface area contributed by atoms with Gasteiger partial charge in [0.2, 0.25) is 0 Å². The molecule has 0 spiro atoms. The van der Waals surface area contributed by atoms with E-state index >= 15 is 0 Å². The van der Waals surface area contributed by atoms with Crippen molar-refractivity contribution in [2.75, 3.05) is 13.1 Å². The Morgan fingerprint density at radius 1 is 1.22 bits per heavy atom. The van der Waals surface area contributed by atoms with Gasteiger partial charge in [-0.2, -0.15) is 5.10 Å². The van der Waals surface area contributed by atoms with Crippen LogP contribution in [0, 0.1) is 0 Å². The van der Waals surface area contributed by atoms with Crippen LogP contribution >= 0.6 is 0 Å². The molecule has 1 aliphatic heterocycles. The van der Waals surface area contributed by atoms with E-state index in [-0.39, 0.29) is 11.9 Å². The Bertz CT molecular complexity index is 693. The van der Waals surface area contributed by atoms with E-state index in [1.54, 1.807) is 6.20 Å². The minimum absolute atomic E-state index is 0.107. The Balaban J connectivity index is 1.28. The first-order chi connectivity index (χ1) is 11.3. The molecular weight excluding hydrogens is 288 g/mol. The molecule has 1 amide bonds.